The van der Waals surface area contributed by atoms with Gasteiger partial charge in [-0.25, -0.2) is 9.37 Å². The number of aliphatic imine (C=N–C) groups is 1. The van der Waals surface area contributed by atoms with Gasteiger partial charge in [0.05, 0.1) is 19.9 Å². The Bertz CT molecular complexity index is 1040. The zero-order valence-corrected chi connectivity index (χ0v) is 21.6. The Morgan fingerprint density at radius 1 is 1.09 bits per heavy atom. The highest BCUT2D eigenvalue weighted by Crippen LogP contribution is 2.27. The van der Waals surface area contributed by atoms with Crippen molar-refractivity contribution in [3.63, 3.8) is 0 Å². The Morgan fingerprint density at radius 2 is 1.82 bits per heavy atom. The lowest BCUT2D eigenvalue weighted by atomic mass is 10.1. The summed E-state index contributed by atoms with van der Waals surface area (Å²) in [7, 11) is 7.03. The SMILES string of the molecule is CN=C(NCCc1coc(-c2ccc(F)cc2)n1)N(C)CCc1ccc(OC)c(OC)c1.I. The summed E-state index contributed by atoms with van der Waals surface area (Å²) in [6.07, 6.45) is 3.14. The molecule has 178 valence electrons. The molecule has 0 fully saturated rings. The molecule has 0 amide bonds. The number of aromatic nitrogens is 1. The summed E-state index contributed by atoms with van der Waals surface area (Å²) < 4.78 is 29.3. The first kappa shape index (κ1) is 26.4. The van der Waals surface area contributed by atoms with Crippen LogP contribution in [0.4, 0.5) is 4.39 Å². The van der Waals surface area contributed by atoms with Gasteiger partial charge in [-0.05, 0) is 48.4 Å². The third-order valence-corrected chi connectivity index (χ3v) is 5.06. The average molecular weight is 568 g/mol. The third kappa shape index (κ3) is 7.34. The van der Waals surface area contributed by atoms with Crippen LogP contribution >= 0.6 is 24.0 Å². The number of nitrogens with zero attached hydrogens (tertiary/aromatic N) is 3. The van der Waals surface area contributed by atoms with Crippen LogP contribution in [0.15, 0.2) is 58.1 Å². The minimum absolute atomic E-state index is 0. The van der Waals surface area contributed by atoms with E-state index in [0.717, 1.165) is 47.2 Å². The van der Waals surface area contributed by atoms with Crippen molar-refractivity contribution in [1.29, 1.82) is 0 Å². The molecule has 0 saturated carbocycles. The number of ether oxygens (including phenoxy) is 2. The first-order valence-corrected chi connectivity index (χ1v) is 10.4. The molecule has 33 heavy (non-hydrogen) atoms. The topological polar surface area (TPSA) is 72.1 Å². The van der Waals surface area contributed by atoms with E-state index >= 15 is 0 Å². The second kappa shape index (κ2) is 13.0. The van der Waals surface area contributed by atoms with Crippen LogP contribution in [-0.4, -0.2) is 57.2 Å². The second-order valence-corrected chi connectivity index (χ2v) is 7.24. The number of nitrogens with one attached hydrogen (secondary N) is 1. The number of likely N-dealkylation sites (N-methyl/N-ethyl adjacent to an activating group) is 1. The Morgan fingerprint density at radius 3 is 2.48 bits per heavy atom. The maximum absolute atomic E-state index is 13.1. The van der Waals surface area contributed by atoms with Gasteiger partial charge in [-0.3, -0.25) is 4.99 Å². The van der Waals surface area contributed by atoms with Crippen molar-refractivity contribution in [3.05, 3.63) is 65.8 Å². The van der Waals surface area contributed by atoms with E-state index in [4.69, 9.17) is 13.9 Å². The Labute approximate surface area is 211 Å². The summed E-state index contributed by atoms with van der Waals surface area (Å²) in [6.45, 7) is 1.44. The maximum Gasteiger partial charge on any atom is 0.226 e. The van der Waals surface area contributed by atoms with Crippen molar-refractivity contribution < 1.29 is 18.3 Å². The Hall–Kier alpha value is -2.82. The summed E-state index contributed by atoms with van der Waals surface area (Å²) in [5, 5.41) is 3.35. The van der Waals surface area contributed by atoms with Gasteiger partial charge in [0, 0.05) is 39.2 Å². The number of halogens is 2. The monoisotopic (exact) mass is 568 g/mol. The van der Waals surface area contributed by atoms with Gasteiger partial charge in [-0.15, -0.1) is 24.0 Å². The van der Waals surface area contributed by atoms with E-state index in [1.165, 1.54) is 12.1 Å². The van der Waals surface area contributed by atoms with Crippen LogP contribution in [0.5, 0.6) is 11.5 Å². The van der Waals surface area contributed by atoms with Crippen molar-refractivity contribution in [2.75, 3.05) is 41.4 Å². The van der Waals surface area contributed by atoms with Gasteiger partial charge >= 0.3 is 0 Å². The smallest absolute Gasteiger partial charge is 0.226 e. The number of methoxy groups -OCH3 is 2. The summed E-state index contributed by atoms with van der Waals surface area (Å²) in [5.41, 5.74) is 2.72. The third-order valence-electron chi connectivity index (χ3n) is 5.06. The van der Waals surface area contributed by atoms with E-state index in [1.54, 1.807) is 39.7 Å². The zero-order chi connectivity index (χ0) is 22.9. The molecule has 0 radical (unpaired) electrons. The first-order valence-electron chi connectivity index (χ1n) is 10.4. The van der Waals surface area contributed by atoms with Crippen molar-refractivity contribution in [2.24, 2.45) is 4.99 Å². The molecule has 1 N–H and O–H groups in total. The number of benzene rings is 2. The van der Waals surface area contributed by atoms with E-state index in [0.29, 0.717) is 18.9 Å². The summed E-state index contributed by atoms with van der Waals surface area (Å²) >= 11 is 0. The summed E-state index contributed by atoms with van der Waals surface area (Å²) in [4.78, 5) is 10.9. The van der Waals surface area contributed by atoms with Crippen LogP contribution < -0.4 is 14.8 Å². The number of oxazole rings is 1. The highest BCUT2D eigenvalue weighted by atomic mass is 127. The number of guanidine groups is 1. The molecule has 3 aromatic rings. The fourth-order valence-corrected chi connectivity index (χ4v) is 3.27. The highest BCUT2D eigenvalue weighted by Gasteiger charge is 2.10. The highest BCUT2D eigenvalue weighted by molar-refractivity contribution is 14.0. The van der Waals surface area contributed by atoms with Gasteiger partial charge in [0.2, 0.25) is 5.89 Å². The van der Waals surface area contributed by atoms with Gasteiger partial charge in [-0.2, -0.15) is 0 Å². The molecule has 7 nitrogen and oxygen atoms in total. The second-order valence-electron chi connectivity index (χ2n) is 7.24. The number of rotatable bonds is 9. The van der Waals surface area contributed by atoms with Crippen LogP contribution in [0.2, 0.25) is 0 Å². The van der Waals surface area contributed by atoms with Crippen molar-refractivity contribution in [2.45, 2.75) is 12.8 Å². The van der Waals surface area contributed by atoms with Gasteiger partial charge in [0.15, 0.2) is 17.5 Å². The molecule has 0 aliphatic heterocycles. The van der Waals surface area contributed by atoms with E-state index in [-0.39, 0.29) is 29.8 Å². The zero-order valence-electron chi connectivity index (χ0n) is 19.3. The molecule has 0 unspecified atom stereocenters. The quantitative estimate of drug-likeness (QED) is 0.234. The molecule has 0 saturated heterocycles. The molecule has 0 aliphatic carbocycles. The van der Waals surface area contributed by atoms with E-state index in [9.17, 15) is 4.39 Å². The fourth-order valence-electron chi connectivity index (χ4n) is 3.27. The molecule has 1 heterocycles. The molecule has 3 rings (SSSR count). The molecule has 2 aromatic carbocycles. The average Bonchev–Trinajstić information content (AvgIpc) is 3.29. The lowest BCUT2D eigenvalue weighted by Gasteiger charge is -2.22. The molecular weight excluding hydrogens is 538 g/mol. The Kier molecular flexibility index (Phi) is 10.4. The molecule has 0 aliphatic rings. The van der Waals surface area contributed by atoms with Crippen LogP contribution in [0.1, 0.15) is 11.3 Å². The predicted octanol–water partition coefficient (Wildman–Crippen LogP) is 4.41. The minimum atomic E-state index is -0.286. The van der Waals surface area contributed by atoms with Crippen molar-refractivity contribution >= 4 is 29.9 Å². The van der Waals surface area contributed by atoms with Crippen molar-refractivity contribution in [1.82, 2.24) is 15.2 Å². The standard InChI is InChI=1S/C24H29FN4O3.HI/c1-26-24(29(2)14-12-17-5-10-21(30-3)22(15-17)31-4)27-13-11-20-16-32-23(28-20)18-6-8-19(25)9-7-18;/h5-10,15-16H,11-14H2,1-4H3,(H,26,27);1H. The fraction of sp³-hybridized carbons (Fsp3) is 0.333. The number of hydrogen-bond acceptors (Lipinski definition) is 5. The normalized spacial score (nSPS) is 11.0. The van der Waals surface area contributed by atoms with Crippen LogP contribution in [0, 0.1) is 5.82 Å². The molecule has 0 spiro atoms. The predicted molar refractivity (Wildman–Crippen MR) is 138 cm³/mol. The van der Waals surface area contributed by atoms with Gasteiger partial charge < -0.3 is 24.1 Å². The molecule has 1 aromatic heterocycles. The number of hydrogen-bond donors (Lipinski definition) is 1. The van der Waals surface area contributed by atoms with Gasteiger partial charge in [0.1, 0.15) is 12.1 Å². The minimum Gasteiger partial charge on any atom is -0.493 e. The van der Waals surface area contributed by atoms with E-state index in [2.05, 4.69) is 20.2 Å². The van der Waals surface area contributed by atoms with Crippen LogP contribution in [0.3, 0.4) is 0 Å². The first-order chi connectivity index (χ1) is 15.5. The van der Waals surface area contributed by atoms with Crippen LogP contribution in [-0.2, 0) is 12.8 Å². The largest absolute Gasteiger partial charge is 0.493 e. The molecule has 9 heteroatoms. The van der Waals surface area contributed by atoms with Gasteiger partial charge in [0.25, 0.3) is 0 Å². The summed E-state index contributed by atoms with van der Waals surface area (Å²) in [5.74, 6) is 2.44. The lowest BCUT2D eigenvalue weighted by Crippen LogP contribution is -2.40. The van der Waals surface area contributed by atoms with Gasteiger partial charge in [-0.1, -0.05) is 6.07 Å². The maximum atomic E-state index is 13.1. The van der Waals surface area contributed by atoms with Crippen molar-refractivity contribution in [3.8, 4) is 23.0 Å². The molecule has 0 bridgehead atoms. The Balaban J connectivity index is 0.00000385. The van der Waals surface area contributed by atoms with Crippen LogP contribution in [0.25, 0.3) is 11.5 Å². The lowest BCUT2D eigenvalue weighted by molar-refractivity contribution is 0.354. The summed E-state index contributed by atoms with van der Waals surface area (Å²) in [6, 6.07) is 12.0. The van der Waals surface area contributed by atoms with E-state index < -0.39 is 0 Å². The molecule has 0 atom stereocenters. The molecular formula is C24H30FIN4O3. The van der Waals surface area contributed by atoms with E-state index in [1.807, 2.05) is 25.2 Å².